The van der Waals surface area contributed by atoms with E-state index in [1.54, 1.807) is 66.9 Å². The number of fused-ring (bicyclic) bond motifs is 3. The second-order valence-electron chi connectivity index (χ2n) is 8.93. The number of carbonyl (C=O) groups excluding carboxylic acids is 2. The average molecular weight is 531 g/mol. The molecule has 0 amide bonds. The van der Waals surface area contributed by atoms with Crippen LogP contribution >= 0.6 is 0 Å². The van der Waals surface area contributed by atoms with Crippen molar-refractivity contribution in [1.82, 2.24) is 9.21 Å². The van der Waals surface area contributed by atoms with Gasteiger partial charge in [-0.3, -0.25) is 0 Å². The molecule has 38 heavy (non-hydrogen) atoms. The zero-order valence-electron chi connectivity index (χ0n) is 21.1. The third-order valence-corrected chi connectivity index (χ3v) is 8.56. The Balaban J connectivity index is 1.90. The lowest BCUT2D eigenvalue weighted by Crippen LogP contribution is -2.52. The summed E-state index contributed by atoms with van der Waals surface area (Å²) in [6.45, 7) is 1.87. The summed E-state index contributed by atoms with van der Waals surface area (Å²) in [5.74, 6) is -1.62. The van der Waals surface area contributed by atoms with Crippen LogP contribution in [-0.2, 0) is 29.1 Å². The molecule has 2 aliphatic rings. The van der Waals surface area contributed by atoms with Crippen LogP contribution in [0.2, 0.25) is 0 Å². The number of aryl methyl sites for hydroxylation is 1. The molecular formula is C29H26N2O6S. The number of benzene rings is 3. The second kappa shape index (κ2) is 9.92. The van der Waals surface area contributed by atoms with Gasteiger partial charge in [-0.25, -0.2) is 18.0 Å². The van der Waals surface area contributed by atoms with Crippen LogP contribution < -0.4 is 0 Å². The van der Waals surface area contributed by atoms with Gasteiger partial charge in [0.2, 0.25) is 10.0 Å². The van der Waals surface area contributed by atoms with Crippen molar-refractivity contribution < 1.29 is 27.5 Å². The molecule has 0 bridgehead atoms. The molecule has 3 aromatic rings. The predicted octanol–water partition coefficient (Wildman–Crippen LogP) is 4.33. The molecule has 0 unspecified atom stereocenters. The van der Waals surface area contributed by atoms with E-state index in [9.17, 15) is 18.0 Å². The Labute approximate surface area is 221 Å². The Morgan fingerprint density at radius 3 is 2.11 bits per heavy atom. The van der Waals surface area contributed by atoms with E-state index in [0.29, 0.717) is 11.1 Å². The van der Waals surface area contributed by atoms with Crippen molar-refractivity contribution in [3.05, 3.63) is 119 Å². The number of rotatable bonds is 5. The third kappa shape index (κ3) is 4.09. The lowest BCUT2D eigenvalue weighted by molar-refractivity contribution is -0.143. The summed E-state index contributed by atoms with van der Waals surface area (Å²) >= 11 is 0. The van der Waals surface area contributed by atoms with Gasteiger partial charge in [0, 0.05) is 6.20 Å². The molecule has 2 heterocycles. The van der Waals surface area contributed by atoms with Gasteiger partial charge in [-0.05, 0) is 41.8 Å². The summed E-state index contributed by atoms with van der Waals surface area (Å²) in [6.07, 6.45) is 2.37. The van der Waals surface area contributed by atoms with Gasteiger partial charge >= 0.3 is 11.9 Å². The number of sulfonamides is 1. The van der Waals surface area contributed by atoms with Crippen LogP contribution in [-0.4, -0.2) is 43.8 Å². The molecule has 0 spiro atoms. The van der Waals surface area contributed by atoms with E-state index in [0.717, 1.165) is 11.1 Å². The van der Waals surface area contributed by atoms with Gasteiger partial charge in [0.05, 0.1) is 30.7 Å². The van der Waals surface area contributed by atoms with Crippen LogP contribution in [0.4, 0.5) is 0 Å². The van der Waals surface area contributed by atoms with Gasteiger partial charge in [0.25, 0.3) is 0 Å². The van der Waals surface area contributed by atoms with E-state index in [2.05, 4.69) is 0 Å². The Kier molecular flexibility index (Phi) is 6.64. The van der Waals surface area contributed by atoms with Crippen molar-refractivity contribution in [1.29, 1.82) is 0 Å². The van der Waals surface area contributed by atoms with Crippen LogP contribution in [0.1, 0.15) is 34.5 Å². The van der Waals surface area contributed by atoms with Gasteiger partial charge in [0.1, 0.15) is 11.9 Å². The topological polar surface area (TPSA) is 93.2 Å². The minimum absolute atomic E-state index is 0.0572. The average Bonchev–Trinajstić information content (AvgIpc) is 2.95. The summed E-state index contributed by atoms with van der Waals surface area (Å²) in [5.41, 5.74) is 2.61. The fraction of sp³-hybridized carbons (Fsp3) is 0.172. The molecule has 5 rings (SSSR count). The van der Waals surface area contributed by atoms with E-state index in [4.69, 9.17) is 9.47 Å². The highest BCUT2D eigenvalue weighted by Gasteiger charge is 2.53. The van der Waals surface area contributed by atoms with Crippen molar-refractivity contribution in [2.45, 2.75) is 24.0 Å². The lowest BCUT2D eigenvalue weighted by atomic mass is 9.89. The molecule has 0 fully saturated rings. The zero-order valence-corrected chi connectivity index (χ0v) is 21.9. The summed E-state index contributed by atoms with van der Waals surface area (Å²) < 4.78 is 40.6. The first kappa shape index (κ1) is 25.4. The maximum absolute atomic E-state index is 14.5. The molecule has 8 nitrogen and oxygen atoms in total. The highest BCUT2D eigenvalue weighted by atomic mass is 32.2. The Hall–Kier alpha value is -4.21. The Morgan fingerprint density at radius 1 is 0.816 bits per heavy atom. The van der Waals surface area contributed by atoms with E-state index in [-0.39, 0.29) is 16.2 Å². The predicted molar refractivity (Wildman–Crippen MR) is 141 cm³/mol. The molecule has 0 saturated carbocycles. The molecule has 194 valence electrons. The largest absolute Gasteiger partial charge is 0.466 e. The third-order valence-electron chi connectivity index (χ3n) is 6.73. The standard InChI is InChI=1S/C29H26N2O6S/c1-19-13-15-22(16-14-19)38(34,35)31-25(21-10-5-4-6-11-21)24(28(32)36-2)26(29(33)37-3)30-18-17-20-9-7-8-12-23(20)27(30)31/h4-18,25,27H,1-3H3/t25-,27+/m1/s1. The minimum Gasteiger partial charge on any atom is -0.466 e. The molecule has 0 N–H and O–H groups in total. The van der Waals surface area contributed by atoms with E-state index >= 15 is 0 Å². The Morgan fingerprint density at radius 2 is 1.45 bits per heavy atom. The van der Waals surface area contributed by atoms with E-state index in [1.165, 1.54) is 23.4 Å². The number of nitrogens with zero attached hydrogens (tertiary/aromatic N) is 2. The number of carbonyl (C=O) groups is 2. The van der Waals surface area contributed by atoms with E-state index < -0.39 is 34.2 Å². The molecule has 3 aromatic carbocycles. The molecule has 0 saturated heterocycles. The number of methoxy groups -OCH3 is 2. The molecule has 2 aliphatic heterocycles. The summed E-state index contributed by atoms with van der Waals surface area (Å²) in [7, 11) is -1.85. The quantitative estimate of drug-likeness (QED) is 0.454. The summed E-state index contributed by atoms with van der Waals surface area (Å²) in [5, 5.41) is 0. The van der Waals surface area contributed by atoms with Crippen molar-refractivity contribution in [3.8, 4) is 0 Å². The van der Waals surface area contributed by atoms with Crippen LogP contribution in [0.15, 0.2) is 101 Å². The highest BCUT2D eigenvalue weighted by Crippen LogP contribution is 2.50. The SMILES string of the molecule is COC(=O)C1=C(C(=O)OC)N2C=Cc3ccccc3[C@@H]2N(S(=O)(=O)c2ccc(C)cc2)[C@@H]1c1ccccc1. The monoisotopic (exact) mass is 530 g/mol. The summed E-state index contributed by atoms with van der Waals surface area (Å²) in [6, 6.07) is 21.4. The van der Waals surface area contributed by atoms with Crippen LogP contribution in [0.25, 0.3) is 6.08 Å². The fourth-order valence-corrected chi connectivity index (χ4v) is 6.67. The molecule has 0 aromatic heterocycles. The zero-order chi connectivity index (χ0) is 27.0. The highest BCUT2D eigenvalue weighted by molar-refractivity contribution is 7.89. The summed E-state index contributed by atoms with van der Waals surface area (Å²) in [4.78, 5) is 28.2. The van der Waals surface area contributed by atoms with Crippen LogP contribution in [0, 0.1) is 6.92 Å². The Bertz CT molecular complexity index is 1560. The number of hydrogen-bond acceptors (Lipinski definition) is 7. The number of ether oxygens (including phenoxy) is 2. The van der Waals surface area contributed by atoms with Crippen molar-refractivity contribution in [2.24, 2.45) is 0 Å². The first-order valence-electron chi connectivity index (χ1n) is 11.9. The number of hydrogen-bond donors (Lipinski definition) is 0. The van der Waals surface area contributed by atoms with E-state index in [1.807, 2.05) is 31.2 Å². The molecule has 0 aliphatic carbocycles. The van der Waals surface area contributed by atoms with Crippen LogP contribution in [0.5, 0.6) is 0 Å². The first-order chi connectivity index (χ1) is 18.3. The van der Waals surface area contributed by atoms with Crippen LogP contribution in [0.3, 0.4) is 0 Å². The maximum atomic E-state index is 14.5. The van der Waals surface area contributed by atoms with Gasteiger partial charge in [-0.1, -0.05) is 72.3 Å². The van der Waals surface area contributed by atoms with Gasteiger partial charge in [-0.2, -0.15) is 4.31 Å². The second-order valence-corrected chi connectivity index (χ2v) is 10.8. The molecular weight excluding hydrogens is 504 g/mol. The first-order valence-corrected chi connectivity index (χ1v) is 13.3. The normalized spacial score (nSPS) is 19.0. The van der Waals surface area contributed by atoms with Crippen molar-refractivity contribution in [2.75, 3.05) is 14.2 Å². The fourth-order valence-electron chi connectivity index (χ4n) is 4.96. The van der Waals surface area contributed by atoms with Crippen molar-refractivity contribution in [3.63, 3.8) is 0 Å². The van der Waals surface area contributed by atoms with Gasteiger partial charge in [-0.15, -0.1) is 0 Å². The van der Waals surface area contributed by atoms with Crippen molar-refractivity contribution >= 4 is 28.0 Å². The smallest absolute Gasteiger partial charge is 0.355 e. The number of esters is 2. The molecule has 0 radical (unpaired) electrons. The molecule has 9 heteroatoms. The minimum atomic E-state index is -4.26. The van der Waals surface area contributed by atoms with Gasteiger partial charge < -0.3 is 14.4 Å². The molecule has 2 atom stereocenters. The maximum Gasteiger partial charge on any atom is 0.355 e. The van der Waals surface area contributed by atoms with Gasteiger partial charge in [0.15, 0.2) is 0 Å². The lowest BCUT2D eigenvalue weighted by Gasteiger charge is -2.49.